The van der Waals surface area contributed by atoms with Gasteiger partial charge in [0.15, 0.2) is 6.61 Å². The quantitative estimate of drug-likeness (QED) is 0.571. The standard InChI is InChI=1S/C19H17Cl2N3O4/c1-24(18(25)11-27-16-8-5-13(20)9-15(16)21)10-17-22-19(23-28-17)12-3-6-14(26-2)7-4-12/h3-9H,10-11H2,1-2H3. The number of rotatable bonds is 7. The van der Waals surface area contributed by atoms with Crippen molar-refractivity contribution in [1.29, 1.82) is 0 Å². The molecule has 0 aliphatic rings. The molecule has 2 aromatic carbocycles. The predicted molar refractivity (Wildman–Crippen MR) is 105 cm³/mol. The summed E-state index contributed by atoms with van der Waals surface area (Å²) in [5.41, 5.74) is 0.783. The molecule has 28 heavy (non-hydrogen) atoms. The number of methoxy groups -OCH3 is 1. The van der Waals surface area contributed by atoms with Gasteiger partial charge in [-0.2, -0.15) is 4.98 Å². The van der Waals surface area contributed by atoms with Crippen LogP contribution in [0.4, 0.5) is 0 Å². The fraction of sp³-hybridized carbons (Fsp3) is 0.211. The first-order valence-corrected chi connectivity index (χ1v) is 9.00. The Balaban J connectivity index is 1.57. The molecule has 9 heteroatoms. The van der Waals surface area contributed by atoms with Crippen molar-refractivity contribution < 1.29 is 18.8 Å². The highest BCUT2D eigenvalue weighted by atomic mass is 35.5. The van der Waals surface area contributed by atoms with Crippen LogP contribution in [0.5, 0.6) is 11.5 Å². The molecular weight excluding hydrogens is 405 g/mol. The van der Waals surface area contributed by atoms with E-state index in [-0.39, 0.29) is 19.1 Å². The molecule has 0 N–H and O–H groups in total. The van der Waals surface area contributed by atoms with Crippen LogP contribution in [0.1, 0.15) is 5.89 Å². The molecular formula is C19H17Cl2N3O4. The second kappa shape index (κ2) is 8.95. The molecule has 0 saturated carbocycles. The Morgan fingerprint density at radius 2 is 1.93 bits per heavy atom. The predicted octanol–water partition coefficient (Wildman–Crippen LogP) is 4.09. The van der Waals surface area contributed by atoms with Crippen LogP contribution >= 0.6 is 23.2 Å². The Morgan fingerprint density at radius 1 is 1.18 bits per heavy atom. The molecule has 0 unspecified atom stereocenters. The summed E-state index contributed by atoms with van der Waals surface area (Å²) in [5.74, 6) is 1.59. The zero-order valence-corrected chi connectivity index (χ0v) is 16.7. The van der Waals surface area contributed by atoms with Crippen LogP contribution in [0, 0.1) is 0 Å². The van der Waals surface area contributed by atoms with E-state index in [0.717, 1.165) is 11.3 Å². The van der Waals surface area contributed by atoms with Gasteiger partial charge in [-0.15, -0.1) is 0 Å². The van der Waals surface area contributed by atoms with Gasteiger partial charge in [-0.05, 0) is 42.5 Å². The number of likely N-dealkylation sites (N-methyl/N-ethyl adjacent to an activating group) is 1. The average Bonchev–Trinajstić information content (AvgIpc) is 3.15. The maximum absolute atomic E-state index is 12.3. The number of aromatic nitrogens is 2. The van der Waals surface area contributed by atoms with Crippen molar-refractivity contribution >= 4 is 29.1 Å². The van der Waals surface area contributed by atoms with Crippen LogP contribution < -0.4 is 9.47 Å². The minimum absolute atomic E-state index is 0.152. The van der Waals surface area contributed by atoms with E-state index < -0.39 is 0 Å². The molecule has 146 valence electrons. The van der Waals surface area contributed by atoms with Gasteiger partial charge in [0.2, 0.25) is 11.7 Å². The molecule has 3 rings (SSSR count). The van der Waals surface area contributed by atoms with E-state index >= 15 is 0 Å². The Bertz CT molecular complexity index is 960. The van der Waals surface area contributed by atoms with E-state index in [4.69, 9.17) is 37.2 Å². The summed E-state index contributed by atoms with van der Waals surface area (Å²) < 4.78 is 15.8. The molecule has 0 fully saturated rings. The van der Waals surface area contributed by atoms with Gasteiger partial charge in [-0.1, -0.05) is 28.4 Å². The van der Waals surface area contributed by atoms with Gasteiger partial charge in [0, 0.05) is 17.6 Å². The van der Waals surface area contributed by atoms with Gasteiger partial charge >= 0.3 is 0 Å². The Hall–Kier alpha value is -2.77. The first kappa shape index (κ1) is 20.0. The number of hydrogen-bond acceptors (Lipinski definition) is 6. The first-order chi connectivity index (χ1) is 13.5. The van der Waals surface area contributed by atoms with Crippen LogP contribution in [-0.2, 0) is 11.3 Å². The largest absolute Gasteiger partial charge is 0.497 e. The van der Waals surface area contributed by atoms with Crippen molar-refractivity contribution in [2.75, 3.05) is 20.8 Å². The zero-order valence-electron chi connectivity index (χ0n) is 15.2. The number of hydrogen-bond donors (Lipinski definition) is 0. The highest BCUT2D eigenvalue weighted by Gasteiger charge is 2.16. The zero-order chi connectivity index (χ0) is 20.1. The van der Waals surface area contributed by atoms with Crippen LogP contribution in [-0.4, -0.2) is 41.7 Å². The summed E-state index contributed by atoms with van der Waals surface area (Å²) in [6.45, 7) is -0.0307. The van der Waals surface area contributed by atoms with Crippen LogP contribution in [0.3, 0.4) is 0 Å². The van der Waals surface area contributed by atoms with Gasteiger partial charge in [0.25, 0.3) is 5.91 Å². The third-order valence-electron chi connectivity index (χ3n) is 3.86. The van der Waals surface area contributed by atoms with Gasteiger partial charge < -0.3 is 18.9 Å². The lowest BCUT2D eigenvalue weighted by atomic mass is 10.2. The van der Waals surface area contributed by atoms with E-state index in [1.165, 1.54) is 4.90 Å². The molecule has 0 radical (unpaired) electrons. The van der Waals surface area contributed by atoms with Crippen molar-refractivity contribution in [3.05, 3.63) is 58.4 Å². The van der Waals surface area contributed by atoms with E-state index in [9.17, 15) is 4.79 Å². The van der Waals surface area contributed by atoms with Gasteiger partial charge in [-0.3, -0.25) is 4.79 Å². The van der Waals surface area contributed by atoms with Crippen molar-refractivity contribution in [1.82, 2.24) is 15.0 Å². The molecule has 7 nitrogen and oxygen atoms in total. The Labute approximate surface area is 171 Å². The minimum Gasteiger partial charge on any atom is -0.497 e. The molecule has 1 aromatic heterocycles. The molecule has 1 amide bonds. The summed E-state index contributed by atoms with van der Waals surface area (Å²) >= 11 is 11.9. The van der Waals surface area contributed by atoms with Gasteiger partial charge in [0.05, 0.1) is 18.7 Å². The third-order valence-corrected chi connectivity index (χ3v) is 4.39. The topological polar surface area (TPSA) is 77.7 Å². The molecule has 0 saturated heterocycles. The van der Waals surface area contributed by atoms with Crippen LogP contribution in [0.15, 0.2) is 47.0 Å². The summed E-state index contributed by atoms with van der Waals surface area (Å²) in [5, 5.41) is 4.77. The molecule has 0 aliphatic carbocycles. The van der Waals surface area contributed by atoms with Crippen molar-refractivity contribution in [3.8, 4) is 22.9 Å². The third kappa shape index (κ3) is 4.94. The Kier molecular flexibility index (Phi) is 6.38. The van der Waals surface area contributed by atoms with Crippen LogP contribution in [0.25, 0.3) is 11.4 Å². The monoisotopic (exact) mass is 421 g/mol. The summed E-state index contributed by atoms with van der Waals surface area (Å²) in [7, 11) is 3.21. The number of carbonyl (C=O) groups is 1. The minimum atomic E-state index is -0.268. The lowest BCUT2D eigenvalue weighted by Gasteiger charge is -2.15. The molecule has 0 aliphatic heterocycles. The van der Waals surface area contributed by atoms with Crippen molar-refractivity contribution in [3.63, 3.8) is 0 Å². The lowest BCUT2D eigenvalue weighted by molar-refractivity contribution is -0.132. The maximum atomic E-state index is 12.3. The van der Waals surface area contributed by atoms with E-state index in [1.54, 1.807) is 44.5 Å². The average molecular weight is 422 g/mol. The summed E-state index contributed by atoms with van der Waals surface area (Å²) in [6, 6.07) is 12.1. The van der Waals surface area contributed by atoms with Gasteiger partial charge in [-0.25, -0.2) is 0 Å². The fourth-order valence-electron chi connectivity index (χ4n) is 2.31. The van der Waals surface area contributed by atoms with Crippen molar-refractivity contribution in [2.45, 2.75) is 6.54 Å². The number of halogens is 2. The SMILES string of the molecule is COc1ccc(-c2noc(CN(C)C(=O)COc3ccc(Cl)cc3Cl)n2)cc1. The van der Waals surface area contributed by atoms with Crippen molar-refractivity contribution in [2.24, 2.45) is 0 Å². The first-order valence-electron chi connectivity index (χ1n) is 8.25. The second-order valence-corrected chi connectivity index (χ2v) is 6.70. The molecule has 0 spiro atoms. The molecule has 1 heterocycles. The van der Waals surface area contributed by atoms with Gasteiger partial charge in [0.1, 0.15) is 11.5 Å². The highest BCUT2D eigenvalue weighted by Crippen LogP contribution is 2.27. The number of carbonyl (C=O) groups excluding carboxylic acids is 1. The van der Waals surface area contributed by atoms with E-state index in [1.807, 2.05) is 12.1 Å². The van der Waals surface area contributed by atoms with Crippen LogP contribution in [0.2, 0.25) is 10.0 Å². The Morgan fingerprint density at radius 3 is 2.61 bits per heavy atom. The summed E-state index contributed by atoms with van der Waals surface area (Å²) in [6.07, 6.45) is 0. The maximum Gasteiger partial charge on any atom is 0.260 e. The lowest BCUT2D eigenvalue weighted by Crippen LogP contribution is -2.31. The number of benzene rings is 2. The number of nitrogens with zero attached hydrogens (tertiary/aromatic N) is 3. The normalized spacial score (nSPS) is 10.6. The molecule has 0 atom stereocenters. The molecule has 3 aromatic rings. The van der Waals surface area contributed by atoms with E-state index in [2.05, 4.69) is 10.1 Å². The fourth-order valence-corrected chi connectivity index (χ4v) is 2.77. The number of amides is 1. The smallest absolute Gasteiger partial charge is 0.260 e. The molecule has 0 bridgehead atoms. The second-order valence-electron chi connectivity index (χ2n) is 5.85. The highest BCUT2D eigenvalue weighted by molar-refractivity contribution is 6.35. The number of ether oxygens (including phenoxy) is 2. The summed E-state index contributed by atoms with van der Waals surface area (Å²) in [4.78, 5) is 18.0. The van der Waals surface area contributed by atoms with E-state index in [0.29, 0.717) is 27.5 Å².